The summed E-state index contributed by atoms with van der Waals surface area (Å²) in [4.78, 5) is 18.7. The van der Waals surface area contributed by atoms with Crippen molar-refractivity contribution in [3.8, 4) is 6.07 Å². The largest absolute Gasteiger partial charge is 0.354 e. The summed E-state index contributed by atoms with van der Waals surface area (Å²) < 4.78 is 0. The fourth-order valence-electron chi connectivity index (χ4n) is 2.49. The summed E-state index contributed by atoms with van der Waals surface area (Å²) in [5, 5.41) is 12.4. The first kappa shape index (κ1) is 17.5. The van der Waals surface area contributed by atoms with E-state index in [9.17, 15) is 4.79 Å². The molecule has 1 amide bonds. The number of anilines is 2. The zero-order chi connectivity index (χ0) is 17.4. The Morgan fingerprint density at radius 3 is 2.58 bits per heavy atom. The molecule has 0 spiro atoms. The number of carbonyl (C=O) groups is 1. The molecular weight excluding hydrogens is 300 g/mol. The highest BCUT2D eigenvalue weighted by atomic mass is 16.2. The van der Waals surface area contributed by atoms with E-state index in [2.05, 4.69) is 30.2 Å². The van der Waals surface area contributed by atoms with Crippen molar-refractivity contribution in [1.29, 1.82) is 5.26 Å². The predicted molar refractivity (Wildman–Crippen MR) is 95.2 cm³/mol. The molecule has 0 aliphatic heterocycles. The van der Waals surface area contributed by atoms with Crippen LogP contribution < -0.4 is 5.32 Å². The molecule has 2 rings (SSSR count). The normalized spacial score (nSPS) is 10.0. The molecule has 1 heterocycles. The molecule has 5 heteroatoms. The number of nitrogens with zero attached hydrogens (tertiary/aromatic N) is 3. The van der Waals surface area contributed by atoms with Gasteiger partial charge in [-0.15, -0.1) is 0 Å². The van der Waals surface area contributed by atoms with E-state index in [-0.39, 0.29) is 5.91 Å². The monoisotopic (exact) mass is 322 g/mol. The molecule has 0 aliphatic rings. The number of benzene rings is 1. The molecule has 0 atom stereocenters. The van der Waals surface area contributed by atoms with Crippen LogP contribution in [-0.2, 0) is 0 Å². The van der Waals surface area contributed by atoms with Crippen LogP contribution in [-0.4, -0.2) is 28.9 Å². The molecule has 0 fully saturated rings. The standard InChI is InChI=1S/C19H22N4O/c1-3-11-23(12-4-2)19(24)18-13-16(9-10-21-18)22-17-8-6-5-7-15(17)14-20/h5-10,13H,3-4,11-12H2,1-2H3,(H,21,22). The number of carbonyl (C=O) groups excluding carboxylic acids is 1. The number of nitrogens with one attached hydrogen (secondary N) is 1. The van der Waals surface area contributed by atoms with Gasteiger partial charge in [0.25, 0.3) is 5.91 Å². The first-order chi connectivity index (χ1) is 11.7. The van der Waals surface area contributed by atoms with Crippen molar-refractivity contribution in [2.75, 3.05) is 18.4 Å². The molecule has 0 radical (unpaired) electrons. The second-order valence-corrected chi connectivity index (χ2v) is 5.50. The van der Waals surface area contributed by atoms with Crippen molar-refractivity contribution < 1.29 is 4.79 Å². The van der Waals surface area contributed by atoms with Gasteiger partial charge in [0, 0.05) is 25.0 Å². The Morgan fingerprint density at radius 1 is 1.21 bits per heavy atom. The van der Waals surface area contributed by atoms with E-state index in [4.69, 9.17) is 5.26 Å². The average Bonchev–Trinajstić information content (AvgIpc) is 2.61. The van der Waals surface area contributed by atoms with Crippen molar-refractivity contribution in [3.05, 3.63) is 53.9 Å². The second kappa shape index (κ2) is 8.68. The van der Waals surface area contributed by atoms with Crippen LogP contribution >= 0.6 is 0 Å². The number of pyridine rings is 1. The summed E-state index contributed by atoms with van der Waals surface area (Å²) in [7, 11) is 0. The molecule has 0 saturated carbocycles. The molecule has 1 aromatic carbocycles. The van der Waals surface area contributed by atoms with Crippen LogP contribution in [0, 0.1) is 11.3 Å². The van der Waals surface area contributed by atoms with Gasteiger partial charge in [-0.25, -0.2) is 0 Å². The van der Waals surface area contributed by atoms with Crippen LogP contribution in [0.4, 0.5) is 11.4 Å². The van der Waals surface area contributed by atoms with Crippen molar-refractivity contribution in [3.63, 3.8) is 0 Å². The molecule has 124 valence electrons. The highest BCUT2D eigenvalue weighted by molar-refractivity contribution is 5.93. The van der Waals surface area contributed by atoms with E-state index in [0.717, 1.165) is 31.6 Å². The van der Waals surface area contributed by atoms with Crippen LogP contribution in [0.15, 0.2) is 42.6 Å². The van der Waals surface area contributed by atoms with Crippen LogP contribution in [0.3, 0.4) is 0 Å². The quantitative estimate of drug-likeness (QED) is 0.837. The van der Waals surface area contributed by atoms with E-state index in [1.54, 1.807) is 24.4 Å². The van der Waals surface area contributed by atoms with E-state index < -0.39 is 0 Å². The molecular formula is C19H22N4O. The Bertz CT molecular complexity index is 730. The summed E-state index contributed by atoms with van der Waals surface area (Å²) in [6.07, 6.45) is 3.44. The molecule has 24 heavy (non-hydrogen) atoms. The minimum Gasteiger partial charge on any atom is -0.354 e. The molecule has 1 aromatic heterocycles. The molecule has 1 N–H and O–H groups in total. The van der Waals surface area contributed by atoms with Gasteiger partial charge < -0.3 is 10.2 Å². The summed E-state index contributed by atoms with van der Waals surface area (Å²) in [6.45, 7) is 5.56. The van der Waals surface area contributed by atoms with Crippen molar-refractivity contribution in [1.82, 2.24) is 9.88 Å². The van der Waals surface area contributed by atoms with Crippen LogP contribution in [0.25, 0.3) is 0 Å². The number of hydrogen-bond donors (Lipinski definition) is 1. The second-order valence-electron chi connectivity index (χ2n) is 5.50. The third-order valence-electron chi connectivity index (χ3n) is 3.58. The lowest BCUT2D eigenvalue weighted by atomic mass is 10.2. The third-order valence-corrected chi connectivity index (χ3v) is 3.58. The molecule has 0 bridgehead atoms. The number of amides is 1. The van der Waals surface area contributed by atoms with E-state index in [1.807, 2.05) is 23.1 Å². The zero-order valence-corrected chi connectivity index (χ0v) is 14.1. The predicted octanol–water partition coefficient (Wildman–Crippen LogP) is 3.96. The van der Waals surface area contributed by atoms with Crippen molar-refractivity contribution in [2.45, 2.75) is 26.7 Å². The first-order valence-corrected chi connectivity index (χ1v) is 8.21. The van der Waals surface area contributed by atoms with Gasteiger partial charge in [0.1, 0.15) is 11.8 Å². The Balaban J connectivity index is 2.22. The topological polar surface area (TPSA) is 69.0 Å². The van der Waals surface area contributed by atoms with Crippen molar-refractivity contribution in [2.24, 2.45) is 0 Å². The number of para-hydroxylation sites is 1. The lowest BCUT2D eigenvalue weighted by Crippen LogP contribution is -2.33. The summed E-state index contributed by atoms with van der Waals surface area (Å²) in [5.74, 6) is -0.0593. The van der Waals surface area contributed by atoms with Gasteiger partial charge in [0.15, 0.2) is 0 Å². The molecule has 0 saturated heterocycles. The van der Waals surface area contributed by atoms with E-state index in [1.165, 1.54) is 0 Å². The van der Waals surface area contributed by atoms with Crippen LogP contribution in [0.5, 0.6) is 0 Å². The Labute approximate surface area is 142 Å². The van der Waals surface area contributed by atoms with Crippen LogP contribution in [0.2, 0.25) is 0 Å². The molecule has 0 aliphatic carbocycles. The minimum absolute atomic E-state index is 0.0593. The number of nitriles is 1. The van der Waals surface area contributed by atoms with Gasteiger partial charge in [-0.05, 0) is 37.1 Å². The lowest BCUT2D eigenvalue weighted by Gasteiger charge is -2.21. The minimum atomic E-state index is -0.0593. The van der Waals surface area contributed by atoms with Gasteiger partial charge in [-0.3, -0.25) is 9.78 Å². The van der Waals surface area contributed by atoms with Gasteiger partial charge in [0.2, 0.25) is 0 Å². The van der Waals surface area contributed by atoms with E-state index >= 15 is 0 Å². The van der Waals surface area contributed by atoms with Crippen molar-refractivity contribution >= 4 is 17.3 Å². The Kier molecular flexibility index (Phi) is 6.32. The lowest BCUT2D eigenvalue weighted by molar-refractivity contribution is 0.0749. The maximum absolute atomic E-state index is 12.6. The van der Waals surface area contributed by atoms with Gasteiger partial charge in [-0.1, -0.05) is 26.0 Å². The highest BCUT2D eigenvalue weighted by Gasteiger charge is 2.16. The SMILES string of the molecule is CCCN(CCC)C(=O)c1cc(Nc2ccccc2C#N)ccn1. The number of aromatic nitrogens is 1. The average molecular weight is 322 g/mol. The molecule has 5 nitrogen and oxygen atoms in total. The Morgan fingerprint density at radius 2 is 1.92 bits per heavy atom. The highest BCUT2D eigenvalue weighted by Crippen LogP contribution is 2.20. The fraction of sp³-hybridized carbons (Fsp3) is 0.316. The maximum Gasteiger partial charge on any atom is 0.272 e. The fourth-order valence-corrected chi connectivity index (χ4v) is 2.49. The van der Waals surface area contributed by atoms with E-state index in [0.29, 0.717) is 16.9 Å². The summed E-state index contributed by atoms with van der Waals surface area (Å²) in [5.41, 5.74) is 2.42. The third kappa shape index (κ3) is 4.32. The Hall–Kier alpha value is -2.87. The van der Waals surface area contributed by atoms with Crippen LogP contribution in [0.1, 0.15) is 42.7 Å². The number of hydrogen-bond acceptors (Lipinski definition) is 4. The summed E-state index contributed by atoms with van der Waals surface area (Å²) >= 11 is 0. The first-order valence-electron chi connectivity index (χ1n) is 8.21. The summed E-state index contributed by atoms with van der Waals surface area (Å²) in [6, 6.07) is 12.9. The zero-order valence-electron chi connectivity index (χ0n) is 14.1. The smallest absolute Gasteiger partial charge is 0.272 e. The van der Waals surface area contributed by atoms with Gasteiger partial charge >= 0.3 is 0 Å². The maximum atomic E-state index is 12.6. The molecule has 2 aromatic rings. The van der Waals surface area contributed by atoms with Gasteiger partial charge in [-0.2, -0.15) is 5.26 Å². The molecule has 0 unspecified atom stereocenters. The van der Waals surface area contributed by atoms with Gasteiger partial charge in [0.05, 0.1) is 11.3 Å². The number of rotatable bonds is 7.